The second-order valence-corrected chi connectivity index (χ2v) is 7.87. The van der Waals surface area contributed by atoms with E-state index in [1.54, 1.807) is 0 Å². The summed E-state index contributed by atoms with van der Waals surface area (Å²) in [5.41, 5.74) is 0.986. The molecule has 1 aliphatic heterocycles. The highest BCUT2D eigenvalue weighted by Crippen LogP contribution is 2.10. The second-order valence-electron chi connectivity index (χ2n) is 7.87. The van der Waals surface area contributed by atoms with E-state index in [0.717, 1.165) is 31.5 Å². The maximum atomic E-state index is 12.5. The Hall–Kier alpha value is -2.57. The predicted molar refractivity (Wildman–Crippen MR) is 113 cm³/mol. The van der Waals surface area contributed by atoms with Gasteiger partial charge in [-0.15, -0.1) is 0 Å². The minimum absolute atomic E-state index is 0.0706. The summed E-state index contributed by atoms with van der Waals surface area (Å²) >= 11 is 0. The van der Waals surface area contributed by atoms with E-state index in [4.69, 9.17) is 0 Å². The smallest absolute Gasteiger partial charge is 0.315 e. The number of likely N-dealkylation sites (tertiary alicyclic amines) is 1. The summed E-state index contributed by atoms with van der Waals surface area (Å²) < 4.78 is 0. The van der Waals surface area contributed by atoms with E-state index in [-0.39, 0.29) is 36.7 Å². The lowest BCUT2D eigenvalue weighted by Gasteiger charge is -2.23. The van der Waals surface area contributed by atoms with Crippen LogP contribution in [0.3, 0.4) is 0 Å². The molecule has 0 aliphatic carbocycles. The highest BCUT2D eigenvalue weighted by atomic mass is 16.2. The second kappa shape index (κ2) is 12.1. The molecular formula is C22H34N4O3. The molecule has 1 atom stereocenters. The number of amides is 4. The summed E-state index contributed by atoms with van der Waals surface area (Å²) in [7, 11) is 0. The van der Waals surface area contributed by atoms with Gasteiger partial charge in [0.1, 0.15) is 6.04 Å². The molecule has 1 aromatic carbocycles. The maximum absolute atomic E-state index is 12.5. The molecular weight excluding hydrogens is 368 g/mol. The first kappa shape index (κ1) is 22.7. The Kier molecular flexibility index (Phi) is 9.47. The molecule has 160 valence electrons. The topological polar surface area (TPSA) is 90.5 Å². The first-order chi connectivity index (χ1) is 14.0. The monoisotopic (exact) mass is 402 g/mol. The number of nitrogens with zero attached hydrogens (tertiary/aromatic N) is 1. The molecule has 0 spiro atoms. The van der Waals surface area contributed by atoms with E-state index < -0.39 is 6.04 Å². The Bertz CT molecular complexity index is 655. The minimum Gasteiger partial charge on any atom is -0.354 e. The zero-order chi connectivity index (χ0) is 21.1. The lowest BCUT2D eigenvalue weighted by molar-refractivity contribution is -0.131. The van der Waals surface area contributed by atoms with E-state index in [1.807, 2.05) is 49.1 Å². The number of hydrogen-bond donors (Lipinski definition) is 3. The normalized spacial score (nSPS) is 15.3. The van der Waals surface area contributed by atoms with Gasteiger partial charge in [-0.25, -0.2) is 4.79 Å². The van der Waals surface area contributed by atoms with E-state index in [1.165, 1.54) is 12.8 Å². The fourth-order valence-corrected chi connectivity index (χ4v) is 3.39. The van der Waals surface area contributed by atoms with Crippen LogP contribution in [0.4, 0.5) is 4.79 Å². The SMILES string of the molecule is CC(C)C(NC(=O)NCc1ccccc1)C(=O)NCCC(=O)N1CCCCCC1. The number of rotatable bonds is 8. The van der Waals surface area contributed by atoms with Crippen molar-refractivity contribution >= 4 is 17.8 Å². The fourth-order valence-electron chi connectivity index (χ4n) is 3.39. The Labute approximate surface area is 173 Å². The predicted octanol–water partition coefficient (Wildman–Crippen LogP) is 2.42. The average molecular weight is 403 g/mol. The molecule has 7 nitrogen and oxygen atoms in total. The van der Waals surface area contributed by atoms with Crippen LogP contribution in [0.1, 0.15) is 51.5 Å². The fraction of sp³-hybridized carbons (Fsp3) is 0.591. The van der Waals surface area contributed by atoms with Crippen LogP contribution in [-0.2, 0) is 16.1 Å². The number of hydrogen-bond acceptors (Lipinski definition) is 3. The molecule has 7 heteroatoms. The first-order valence-corrected chi connectivity index (χ1v) is 10.6. The van der Waals surface area contributed by atoms with Crippen molar-refractivity contribution in [3.8, 4) is 0 Å². The summed E-state index contributed by atoms with van der Waals surface area (Å²) in [6.07, 6.45) is 4.74. The third-order valence-electron chi connectivity index (χ3n) is 5.13. The summed E-state index contributed by atoms with van der Waals surface area (Å²) in [6, 6.07) is 8.55. The Morgan fingerprint density at radius 3 is 2.24 bits per heavy atom. The summed E-state index contributed by atoms with van der Waals surface area (Å²) in [6.45, 7) is 6.05. The quantitative estimate of drug-likeness (QED) is 0.624. The van der Waals surface area contributed by atoms with Crippen molar-refractivity contribution in [2.24, 2.45) is 5.92 Å². The van der Waals surface area contributed by atoms with E-state index in [9.17, 15) is 14.4 Å². The number of nitrogens with one attached hydrogen (secondary N) is 3. The van der Waals surface area contributed by atoms with Crippen LogP contribution in [0.5, 0.6) is 0 Å². The molecule has 1 heterocycles. The van der Waals surface area contributed by atoms with Crippen LogP contribution in [0.2, 0.25) is 0 Å². The van der Waals surface area contributed by atoms with Gasteiger partial charge < -0.3 is 20.9 Å². The van der Waals surface area contributed by atoms with Crippen LogP contribution >= 0.6 is 0 Å². The zero-order valence-corrected chi connectivity index (χ0v) is 17.6. The molecule has 29 heavy (non-hydrogen) atoms. The molecule has 2 rings (SSSR count). The highest BCUT2D eigenvalue weighted by molar-refractivity contribution is 5.87. The van der Waals surface area contributed by atoms with Crippen molar-refractivity contribution < 1.29 is 14.4 Å². The third kappa shape index (κ3) is 8.13. The van der Waals surface area contributed by atoms with Crippen molar-refractivity contribution in [3.05, 3.63) is 35.9 Å². The lowest BCUT2D eigenvalue weighted by Crippen LogP contribution is -2.52. The van der Waals surface area contributed by atoms with Gasteiger partial charge in [0.05, 0.1) is 0 Å². The van der Waals surface area contributed by atoms with Gasteiger partial charge >= 0.3 is 6.03 Å². The molecule has 1 aliphatic rings. The first-order valence-electron chi connectivity index (χ1n) is 10.6. The van der Waals surface area contributed by atoms with Crippen molar-refractivity contribution in [2.45, 2.75) is 58.5 Å². The standard InChI is InChI=1S/C22H34N4O3/c1-17(2)20(25-22(29)24-16-18-10-6-5-7-11-18)21(28)23-13-12-19(27)26-14-8-3-4-9-15-26/h5-7,10-11,17,20H,3-4,8-9,12-16H2,1-2H3,(H,23,28)(H2,24,25,29). The van der Waals surface area contributed by atoms with Gasteiger partial charge in [-0.05, 0) is 24.3 Å². The summed E-state index contributed by atoms with van der Waals surface area (Å²) in [4.78, 5) is 38.9. The van der Waals surface area contributed by atoms with Crippen molar-refractivity contribution in [3.63, 3.8) is 0 Å². The van der Waals surface area contributed by atoms with Crippen LogP contribution in [0.15, 0.2) is 30.3 Å². The van der Waals surface area contributed by atoms with Gasteiger partial charge in [-0.3, -0.25) is 9.59 Å². The van der Waals surface area contributed by atoms with Gasteiger partial charge in [-0.1, -0.05) is 57.0 Å². The number of benzene rings is 1. The largest absolute Gasteiger partial charge is 0.354 e. The van der Waals surface area contributed by atoms with Gasteiger partial charge in [0, 0.05) is 32.6 Å². The van der Waals surface area contributed by atoms with Gasteiger partial charge in [0.25, 0.3) is 0 Å². The molecule has 1 aromatic rings. The van der Waals surface area contributed by atoms with Gasteiger partial charge in [0.15, 0.2) is 0 Å². The Morgan fingerprint density at radius 2 is 1.62 bits per heavy atom. The highest BCUT2D eigenvalue weighted by Gasteiger charge is 2.24. The molecule has 1 fully saturated rings. The molecule has 3 N–H and O–H groups in total. The van der Waals surface area contributed by atoms with E-state index in [0.29, 0.717) is 6.54 Å². The zero-order valence-electron chi connectivity index (χ0n) is 17.6. The Morgan fingerprint density at radius 1 is 0.966 bits per heavy atom. The molecule has 0 bridgehead atoms. The van der Waals surface area contributed by atoms with Crippen LogP contribution < -0.4 is 16.0 Å². The van der Waals surface area contributed by atoms with Gasteiger partial charge in [0.2, 0.25) is 11.8 Å². The van der Waals surface area contributed by atoms with Crippen molar-refractivity contribution in [1.82, 2.24) is 20.9 Å². The number of carbonyl (C=O) groups is 3. The van der Waals surface area contributed by atoms with Crippen molar-refractivity contribution in [2.75, 3.05) is 19.6 Å². The van der Waals surface area contributed by atoms with E-state index in [2.05, 4.69) is 16.0 Å². The number of carbonyl (C=O) groups excluding carboxylic acids is 3. The molecule has 0 saturated carbocycles. The third-order valence-corrected chi connectivity index (χ3v) is 5.13. The molecule has 4 amide bonds. The van der Waals surface area contributed by atoms with Gasteiger partial charge in [-0.2, -0.15) is 0 Å². The maximum Gasteiger partial charge on any atom is 0.315 e. The molecule has 0 radical (unpaired) electrons. The van der Waals surface area contributed by atoms with E-state index >= 15 is 0 Å². The number of urea groups is 1. The van der Waals surface area contributed by atoms with Crippen LogP contribution in [0.25, 0.3) is 0 Å². The molecule has 1 saturated heterocycles. The summed E-state index contributed by atoms with van der Waals surface area (Å²) in [5, 5.41) is 8.31. The minimum atomic E-state index is -0.654. The van der Waals surface area contributed by atoms with Crippen LogP contribution in [-0.4, -0.2) is 48.4 Å². The summed E-state index contributed by atoms with van der Waals surface area (Å²) in [5.74, 6) is -0.251. The molecule has 0 aromatic heterocycles. The average Bonchev–Trinajstić information content (AvgIpc) is 3.00. The lowest BCUT2D eigenvalue weighted by atomic mass is 10.0. The molecule has 1 unspecified atom stereocenters. The van der Waals surface area contributed by atoms with Crippen molar-refractivity contribution in [1.29, 1.82) is 0 Å². The van der Waals surface area contributed by atoms with Crippen LogP contribution in [0, 0.1) is 5.92 Å². The Balaban J connectivity index is 1.74.